The average molecular weight is 263 g/mol. The monoisotopic (exact) mass is 263 g/mol. The van der Waals surface area contributed by atoms with Gasteiger partial charge < -0.3 is 4.74 Å². The molecule has 4 heteroatoms. The summed E-state index contributed by atoms with van der Waals surface area (Å²) in [7, 11) is 0. The van der Waals surface area contributed by atoms with Gasteiger partial charge in [0, 0.05) is 5.92 Å². The molecule has 2 saturated heterocycles. The largest absolute Gasteiger partial charge is 0.464 e. The summed E-state index contributed by atoms with van der Waals surface area (Å²) >= 11 is 0. The summed E-state index contributed by atoms with van der Waals surface area (Å²) in [6.45, 7) is 7.77. The number of nitrogens with zero attached hydrogens (tertiary/aromatic N) is 1. The van der Waals surface area contributed by atoms with E-state index in [4.69, 9.17) is 9.57 Å². The zero-order valence-electron chi connectivity index (χ0n) is 11.8. The molecule has 19 heavy (non-hydrogen) atoms. The highest BCUT2D eigenvalue weighted by molar-refractivity contribution is 5.78. The van der Waals surface area contributed by atoms with Gasteiger partial charge in [0.1, 0.15) is 6.04 Å². The van der Waals surface area contributed by atoms with Crippen LogP contribution in [-0.4, -0.2) is 30.3 Å². The fraction of sp³-hybridized carbons (Fsp3) is 0.533. The van der Waals surface area contributed by atoms with Gasteiger partial charge >= 0.3 is 5.97 Å². The van der Waals surface area contributed by atoms with E-state index >= 15 is 0 Å². The van der Waals surface area contributed by atoms with Crippen molar-refractivity contribution >= 4 is 5.97 Å². The highest BCUT2D eigenvalue weighted by Gasteiger charge is 2.47. The van der Waals surface area contributed by atoms with E-state index in [0.29, 0.717) is 19.8 Å². The summed E-state index contributed by atoms with van der Waals surface area (Å²) in [4.78, 5) is 17.1. The van der Waals surface area contributed by atoms with E-state index in [2.05, 4.69) is 31.2 Å². The van der Waals surface area contributed by atoms with Gasteiger partial charge in [-0.15, -0.1) is 0 Å². The number of aryl methyl sites for hydroxylation is 1. The number of carbonyl (C=O) groups is 1. The van der Waals surface area contributed by atoms with Crippen molar-refractivity contribution in [2.45, 2.75) is 33.4 Å². The molecule has 0 bridgehead atoms. The maximum Gasteiger partial charge on any atom is 0.326 e. The lowest BCUT2D eigenvalue weighted by Crippen LogP contribution is -2.34. The van der Waals surface area contributed by atoms with Gasteiger partial charge in [-0.2, -0.15) is 5.06 Å². The molecular weight excluding hydrogens is 242 g/mol. The van der Waals surface area contributed by atoms with Crippen molar-refractivity contribution in [2.24, 2.45) is 5.92 Å². The average Bonchev–Trinajstić information content (AvgIpc) is 3.00. The lowest BCUT2D eigenvalue weighted by Gasteiger charge is -2.18. The molecular formula is C15H21NO3. The number of hydrogen-bond acceptors (Lipinski definition) is 4. The minimum atomic E-state index is -0.212. The number of rotatable bonds is 2. The van der Waals surface area contributed by atoms with Crippen LogP contribution in [0.4, 0.5) is 0 Å². The predicted molar refractivity (Wildman–Crippen MR) is 72.3 cm³/mol. The summed E-state index contributed by atoms with van der Waals surface area (Å²) in [6, 6.07) is 8.04. The van der Waals surface area contributed by atoms with Crippen LogP contribution in [0.15, 0.2) is 24.3 Å². The Bertz CT molecular complexity index is 430. The number of hydrogen-bond donors (Lipinski definition) is 0. The molecule has 2 unspecified atom stereocenters. The van der Waals surface area contributed by atoms with Crippen LogP contribution in [-0.2, 0) is 20.9 Å². The molecule has 0 spiro atoms. The first kappa shape index (κ1) is 14.0. The molecule has 1 aromatic carbocycles. The van der Waals surface area contributed by atoms with Crippen molar-refractivity contribution in [1.29, 1.82) is 0 Å². The molecule has 0 radical (unpaired) electrons. The highest BCUT2D eigenvalue weighted by atomic mass is 16.7. The molecule has 0 amide bonds. The second kappa shape index (κ2) is 6.17. The van der Waals surface area contributed by atoms with E-state index in [9.17, 15) is 4.79 Å². The summed E-state index contributed by atoms with van der Waals surface area (Å²) < 4.78 is 5.05. The number of esters is 1. The van der Waals surface area contributed by atoms with Gasteiger partial charge in [-0.05, 0) is 12.5 Å². The van der Waals surface area contributed by atoms with Gasteiger partial charge in [-0.25, -0.2) is 0 Å². The molecule has 2 atom stereocenters. The third-order valence-electron chi connectivity index (χ3n) is 3.35. The highest BCUT2D eigenvalue weighted by Crippen LogP contribution is 2.29. The van der Waals surface area contributed by atoms with Gasteiger partial charge in [0.15, 0.2) is 0 Å². The fourth-order valence-corrected chi connectivity index (χ4v) is 2.34. The Morgan fingerprint density at radius 2 is 1.89 bits per heavy atom. The summed E-state index contributed by atoms with van der Waals surface area (Å²) in [6.07, 6.45) is 0. The maximum absolute atomic E-state index is 11.6. The Labute approximate surface area is 114 Å². The maximum atomic E-state index is 11.6. The molecule has 3 rings (SSSR count). The van der Waals surface area contributed by atoms with Crippen LogP contribution in [0.3, 0.4) is 0 Å². The van der Waals surface area contributed by atoms with Crippen LogP contribution in [0.25, 0.3) is 0 Å². The summed E-state index contributed by atoms with van der Waals surface area (Å²) in [5, 5.41) is 1.75. The fourth-order valence-electron chi connectivity index (χ4n) is 2.34. The third-order valence-corrected chi connectivity index (χ3v) is 3.35. The van der Waals surface area contributed by atoms with E-state index < -0.39 is 0 Å². The second-order valence-electron chi connectivity index (χ2n) is 4.69. The number of cyclic esters (lactones) is 1. The molecule has 4 nitrogen and oxygen atoms in total. The van der Waals surface area contributed by atoms with Gasteiger partial charge in [0.05, 0.1) is 19.8 Å². The minimum Gasteiger partial charge on any atom is -0.464 e. The number of ether oxygens (including phenoxy) is 1. The molecule has 0 N–H and O–H groups in total. The molecule has 0 aromatic heterocycles. The van der Waals surface area contributed by atoms with Crippen molar-refractivity contribution in [1.82, 2.24) is 5.06 Å². The van der Waals surface area contributed by atoms with Gasteiger partial charge in [0.25, 0.3) is 0 Å². The molecule has 2 heterocycles. The molecule has 1 aromatic rings. The first-order chi connectivity index (χ1) is 9.24. The van der Waals surface area contributed by atoms with Crippen molar-refractivity contribution in [3.63, 3.8) is 0 Å². The van der Waals surface area contributed by atoms with Gasteiger partial charge in [-0.1, -0.05) is 43.7 Å². The van der Waals surface area contributed by atoms with Crippen LogP contribution in [0.1, 0.15) is 25.0 Å². The van der Waals surface area contributed by atoms with Crippen LogP contribution >= 0.6 is 0 Å². The Morgan fingerprint density at radius 3 is 2.58 bits per heavy atom. The zero-order valence-corrected chi connectivity index (χ0v) is 11.8. The number of fused-ring (bicyclic) bond motifs is 1. The van der Waals surface area contributed by atoms with E-state index in [1.807, 2.05) is 13.8 Å². The normalized spacial score (nSPS) is 25.5. The number of benzene rings is 1. The number of hydroxylamine groups is 2. The van der Waals surface area contributed by atoms with Gasteiger partial charge in [0.2, 0.25) is 0 Å². The smallest absolute Gasteiger partial charge is 0.326 e. The van der Waals surface area contributed by atoms with Gasteiger partial charge in [-0.3, -0.25) is 9.63 Å². The van der Waals surface area contributed by atoms with Crippen LogP contribution < -0.4 is 0 Å². The quantitative estimate of drug-likeness (QED) is 0.768. The van der Waals surface area contributed by atoms with Crippen molar-refractivity contribution in [2.75, 3.05) is 13.2 Å². The lowest BCUT2D eigenvalue weighted by molar-refractivity contribution is -0.170. The lowest BCUT2D eigenvalue weighted by atomic mass is 10.1. The standard InChI is InChI=1S/C13H15NO3.C2H6/c1-9-2-4-10(5-3-9)6-14-12-11(8-17-14)7-16-13(12)15;1-2/h2-5,11-12H,6-8H2,1H3;1-2H3. The zero-order chi connectivity index (χ0) is 13.8. The Balaban J connectivity index is 0.000000637. The van der Waals surface area contributed by atoms with Crippen molar-refractivity contribution in [3.8, 4) is 0 Å². The summed E-state index contributed by atoms with van der Waals surface area (Å²) in [5.74, 6) is 0.0487. The molecule has 2 fully saturated rings. The SMILES string of the molecule is CC.Cc1ccc(CN2OCC3COC(=O)C32)cc1. The Kier molecular flexibility index (Phi) is 4.56. The van der Waals surface area contributed by atoms with Crippen molar-refractivity contribution in [3.05, 3.63) is 35.4 Å². The topological polar surface area (TPSA) is 38.8 Å². The van der Waals surface area contributed by atoms with Crippen LogP contribution in [0.2, 0.25) is 0 Å². The van der Waals surface area contributed by atoms with Crippen LogP contribution in [0, 0.1) is 12.8 Å². The molecule has 2 aliphatic rings. The summed E-state index contributed by atoms with van der Waals surface area (Å²) in [5.41, 5.74) is 2.38. The predicted octanol–water partition coefficient (Wildman–Crippen LogP) is 2.31. The third kappa shape index (κ3) is 2.96. The molecule has 0 saturated carbocycles. The first-order valence-corrected chi connectivity index (χ1v) is 6.86. The van der Waals surface area contributed by atoms with E-state index in [0.717, 1.165) is 5.56 Å². The van der Waals surface area contributed by atoms with E-state index in [1.54, 1.807) is 5.06 Å². The molecule has 104 valence electrons. The Hall–Kier alpha value is -1.39. The first-order valence-electron chi connectivity index (χ1n) is 6.86. The van der Waals surface area contributed by atoms with Crippen LogP contribution in [0.5, 0.6) is 0 Å². The molecule has 2 aliphatic heterocycles. The second-order valence-corrected chi connectivity index (χ2v) is 4.69. The van der Waals surface area contributed by atoms with E-state index in [-0.39, 0.29) is 17.9 Å². The van der Waals surface area contributed by atoms with Crippen molar-refractivity contribution < 1.29 is 14.4 Å². The molecule has 0 aliphatic carbocycles. The minimum absolute atomic E-state index is 0.153. The van der Waals surface area contributed by atoms with E-state index in [1.165, 1.54) is 5.56 Å². The number of carbonyl (C=O) groups excluding carboxylic acids is 1. The Morgan fingerprint density at radius 1 is 1.21 bits per heavy atom.